The third-order valence-electron chi connectivity index (χ3n) is 3.24. The number of likely N-dealkylation sites (N-methyl/N-ethyl adjacent to an activating group) is 1. The zero-order chi connectivity index (χ0) is 13.9. The molecule has 1 saturated heterocycles. The summed E-state index contributed by atoms with van der Waals surface area (Å²) in [5, 5.41) is 9.47. The highest BCUT2D eigenvalue weighted by Gasteiger charge is 2.24. The van der Waals surface area contributed by atoms with E-state index >= 15 is 0 Å². The topological polar surface area (TPSA) is 54.2 Å². The van der Waals surface area contributed by atoms with Crippen molar-refractivity contribution in [2.75, 3.05) is 26.7 Å². The van der Waals surface area contributed by atoms with Gasteiger partial charge in [0.25, 0.3) is 5.89 Å². The number of hydrogen-bond donors (Lipinski definition) is 1. The molecule has 1 aliphatic heterocycles. The zero-order valence-electron chi connectivity index (χ0n) is 11.0. The Labute approximate surface area is 129 Å². The molecule has 0 aliphatic carbocycles. The molecule has 1 unspecified atom stereocenters. The molecule has 3 rings (SSSR count). The minimum Gasteiger partial charge on any atom is -0.335 e. The van der Waals surface area contributed by atoms with Crippen LogP contribution < -0.4 is 5.32 Å². The van der Waals surface area contributed by atoms with Crippen LogP contribution in [0, 0.1) is 0 Å². The lowest BCUT2D eigenvalue weighted by atomic mass is 10.2. The standard InChI is InChI=1S/C13H15BrN4OS/c1-18-5-4-15-7-11(18)13-16-12(19-17-13)3-2-10-6-9(14)8-20-10/h2-3,6,8,11,15H,4-5,7H2,1H3/b3-2+. The fourth-order valence-corrected chi connectivity index (χ4v) is 3.45. The van der Waals surface area contributed by atoms with Gasteiger partial charge in [0, 0.05) is 40.4 Å². The molecule has 1 atom stereocenters. The van der Waals surface area contributed by atoms with E-state index in [0.29, 0.717) is 5.89 Å². The lowest BCUT2D eigenvalue weighted by Gasteiger charge is -2.30. The molecule has 3 heterocycles. The summed E-state index contributed by atoms with van der Waals surface area (Å²) in [6.45, 7) is 2.86. The first-order valence-corrected chi connectivity index (χ1v) is 8.06. The first kappa shape index (κ1) is 13.9. The third-order valence-corrected chi connectivity index (χ3v) is 4.90. The molecule has 0 aromatic carbocycles. The number of nitrogens with zero attached hydrogens (tertiary/aromatic N) is 3. The maximum atomic E-state index is 5.29. The van der Waals surface area contributed by atoms with Crippen molar-refractivity contribution in [2.24, 2.45) is 0 Å². The molecule has 20 heavy (non-hydrogen) atoms. The van der Waals surface area contributed by atoms with E-state index in [1.165, 1.54) is 0 Å². The van der Waals surface area contributed by atoms with Crippen molar-refractivity contribution in [3.05, 3.63) is 32.5 Å². The molecular weight excluding hydrogens is 340 g/mol. The summed E-state index contributed by atoms with van der Waals surface area (Å²) in [6, 6.07) is 2.24. The summed E-state index contributed by atoms with van der Waals surface area (Å²) in [7, 11) is 2.08. The molecule has 5 nitrogen and oxygen atoms in total. The van der Waals surface area contributed by atoms with Crippen LogP contribution in [0.1, 0.15) is 22.6 Å². The van der Waals surface area contributed by atoms with Crippen LogP contribution in [0.4, 0.5) is 0 Å². The van der Waals surface area contributed by atoms with Crippen molar-refractivity contribution >= 4 is 39.4 Å². The maximum Gasteiger partial charge on any atom is 0.250 e. The van der Waals surface area contributed by atoms with Crippen LogP contribution in [0.2, 0.25) is 0 Å². The highest BCUT2D eigenvalue weighted by Crippen LogP contribution is 2.22. The van der Waals surface area contributed by atoms with Gasteiger partial charge in [-0.1, -0.05) is 5.16 Å². The van der Waals surface area contributed by atoms with Crippen LogP contribution in [-0.4, -0.2) is 41.7 Å². The van der Waals surface area contributed by atoms with Crippen molar-refractivity contribution in [3.8, 4) is 0 Å². The molecule has 1 aliphatic rings. The second kappa shape index (κ2) is 6.17. The molecule has 2 aromatic heterocycles. The molecule has 0 amide bonds. The Morgan fingerprint density at radius 2 is 2.45 bits per heavy atom. The van der Waals surface area contributed by atoms with E-state index in [1.807, 2.05) is 17.5 Å². The van der Waals surface area contributed by atoms with Gasteiger partial charge in [0.1, 0.15) is 0 Å². The molecule has 0 bridgehead atoms. The van der Waals surface area contributed by atoms with E-state index in [-0.39, 0.29) is 6.04 Å². The van der Waals surface area contributed by atoms with E-state index in [4.69, 9.17) is 4.52 Å². The third kappa shape index (κ3) is 3.17. The lowest BCUT2D eigenvalue weighted by Crippen LogP contribution is -2.44. The number of piperazine rings is 1. The van der Waals surface area contributed by atoms with Gasteiger partial charge in [-0.15, -0.1) is 11.3 Å². The van der Waals surface area contributed by atoms with Crippen molar-refractivity contribution in [2.45, 2.75) is 6.04 Å². The van der Waals surface area contributed by atoms with E-state index in [9.17, 15) is 0 Å². The number of rotatable bonds is 3. The molecule has 0 radical (unpaired) electrons. The molecule has 1 N–H and O–H groups in total. The van der Waals surface area contributed by atoms with E-state index in [2.05, 4.69) is 49.4 Å². The van der Waals surface area contributed by atoms with Gasteiger partial charge >= 0.3 is 0 Å². The highest BCUT2D eigenvalue weighted by molar-refractivity contribution is 9.10. The van der Waals surface area contributed by atoms with E-state index in [0.717, 1.165) is 34.8 Å². The first-order chi connectivity index (χ1) is 9.72. The van der Waals surface area contributed by atoms with Crippen LogP contribution in [0.25, 0.3) is 12.2 Å². The summed E-state index contributed by atoms with van der Waals surface area (Å²) >= 11 is 5.10. The Morgan fingerprint density at radius 1 is 1.55 bits per heavy atom. The van der Waals surface area contributed by atoms with Gasteiger partial charge in [0.2, 0.25) is 0 Å². The largest absolute Gasteiger partial charge is 0.335 e. The number of aromatic nitrogens is 2. The summed E-state index contributed by atoms with van der Waals surface area (Å²) in [5.74, 6) is 1.29. The van der Waals surface area contributed by atoms with Crippen molar-refractivity contribution in [1.29, 1.82) is 0 Å². The van der Waals surface area contributed by atoms with Crippen LogP contribution in [0.5, 0.6) is 0 Å². The normalized spacial score (nSPS) is 20.8. The van der Waals surface area contributed by atoms with Gasteiger partial charge in [-0.3, -0.25) is 4.90 Å². The monoisotopic (exact) mass is 354 g/mol. The molecule has 0 saturated carbocycles. The van der Waals surface area contributed by atoms with Crippen LogP contribution in [-0.2, 0) is 0 Å². The summed E-state index contributed by atoms with van der Waals surface area (Å²) in [6.07, 6.45) is 3.83. The molecular formula is C13H15BrN4OS. The average molecular weight is 355 g/mol. The SMILES string of the molecule is CN1CCNCC1c1noc(/C=C/c2cc(Br)cs2)n1. The van der Waals surface area contributed by atoms with Gasteiger partial charge in [-0.2, -0.15) is 4.98 Å². The fourth-order valence-electron chi connectivity index (χ4n) is 2.11. The second-order valence-electron chi connectivity index (χ2n) is 4.69. The number of nitrogens with one attached hydrogen (secondary N) is 1. The molecule has 2 aromatic rings. The van der Waals surface area contributed by atoms with Gasteiger partial charge < -0.3 is 9.84 Å². The second-order valence-corrected chi connectivity index (χ2v) is 6.55. The van der Waals surface area contributed by atoms with Crippen molar-refractivity contribution < 1.29 is 4.52 Å². The maximum absolute atomic E-state index is 5.29. The Bertz CT molecular complexity index is 609. The van der Waals surface area contributed by atoms with Crippen molar-refractivity contribution in [1.82, 2.24) is 20.4 Å². The lowest BCUT2D eigenvalue weighted by molar-refractivity contribution is 0.190. The van der Waals surface area contributed by atoms with Crippen LogP contribution in [0.3, 0.4) is 0 Å². The fraction of sp³-hybridized carbons (Fsp3) is 0.385. The summed E-state index contributed by atoms with van der Waals surface area (Å²) in [4.78, 5) is 7.84. The Balaban J connectivity index is 1.71. The van der Waals surface area contributed by atoms with Gasteiger partial charge in [0.05, 0.1) is 6.04 Å². The average Bonchev–Trinajstić information content (AvgIpc) is 3.06. The predicted octanol–water partition coefficient (Wildman–Crippen LogP) is 2.64. The summed E-state index contributed by atoms with van der Waals surface area (Å²) in [5.41, 5.74) is 0. The van der Waals surface area contributed by atoms with Crippen molar-refractivity contribution in [3.63, 3.8) is 0 Å². The van der Waals surface area contributed by atoms with Crippen LogP contribution in [0.15, 0.2) is 20.4 Å². The van der Waals surface area contributed by atoms with E-state index < -0.39 is 0 Å². The molecule has 0 spiro atoms. The molecule has 1 fully saturated rings. The number of hydrogen-bond acceptors (Lipinski definition) is 6. The minimum absolute atomic E-state index is 0.186. The highest BCUT2D eigenvalue weighted by atomic mass is 79.9. The zero-order valence-corrected chi connectivity index (χ0v) is 13.4. The minimum atomic E-state index is 0.186. The van der Waals surface area contributed by atoms with Crippen LogP contribution >= 0.6 is 27.3 Å². The smallest absolute Gasteiger partial charge is 0.250 e. The Hall–Kier alpha value is -1.02. The Morgan fingerprint density at radius 3 is 3.20 bits per heavy atom. The number of halogens is 1. The predicted molar refractivity (Wildman–Crippen MR) is 83.5 cm³/mol. The van der Waals surface area contributed by atoms with E-state index in [1.54, 1.807) is 11.3 Å². The quantitative estimate of drug-likeness (QED) is 0.918. The molecule has 106 valence electrons. The molecule has 7 heteroatoms. The first-order valence-electron chi connectivity index (χ1n) is 6.39. The van der Waals surface area contributed by atoms with Gasteiger partial charge in [0.15, 0.2) is 5.82 Å². The summed E-state index contributed by atoms with van der Waals surface area (Å²) < 4.78 is 6.37. The van der Waals surface area contributed by atoms with Gasteiger partial charge in [-0.25, -0.2) is 0 Å². The Kier molecular flexibility index (Phi) is 4.30. The van der Waals surface area contributed by atoms with Gasteiger partial charge in [-0.05, 0) is 35.1 Å². The number of thiophene rings is 1.